The van der Waals surface area contributed by atoms with Crippen LogP contribution in [0.4, 0.5) is 11.4 Å². The number of anilines is 1. The summed E-state index contributed by atoms with van der Waals surface area (Å²) in [6, 6.07) is 9.97. The lowest BCUT2D eigenvalue weighted by molar-refractivity contribution is -0.384. The van der Waals surface area contributed by atoms with E-state index in [1.807, 2.05) is 0 Å². The SMILES string of the molecule is C[C@@H](OC(=O)c1ccc2c(=O)n3c(nc2c1)CCCCC3)C(=O)Nc1cccc([N+](=O)[O-])c1. The number of carbonyl (C=O) groups is 2. The van der Waals surface area contributed by atoms with Crippen molar-refractivity contribution in [3.8, 4) is 0 Å². The second kappa shape index (κ2) is 9.19. The first-order valence-corrected chi connectivity index (χ1v) is 10.6. The van der Waals surface area contributed by atoms with Crippen molar-refractivity contribution < 1.29 is 19.2 Å². The van der Waals surface area contributed by atoms with Crippen LogP contribution < -0.4 is 10.9 Å². The predicted molar refractivity (Wildman–Crippen MR) is 120 cm³/mol. The monoisotopic (exact) mass is 450 g/mol. The largest absolute Gasteiger partial charge is 0.449 e. The van der Waals surface area contributed by atoms with Crippen molar-refractivity contribution in [3.63, 3.8) is 0 Å². The fourth-order valence-electron chi connectivity index (χ4n) is 3.77. The predicted octanol–water partition coefficient (Wildman–Crippen LogP) is 3.22. The molecule has 2 aromatic carbocycles. The van der Waals surface area contributed by atoms with Gasteiger partial charge in [0.2, 0.25) is 0 Å². The molecule has 1 amide bonds. The summed E-state index contributed by atoms with van der Waals surface area (Å²) in [4.78, 5) is 52.8. The minimum absolute atomic E-state index is 0.124. The molecule has 2 heterocycles. The minimum atomic E-state index is -1.15. The zero-order valence-corrected chi connectivity index (χ0v) is 17.9. The van der Waals surface area contributed by atoms with Gasteiger partial charge >= 0.3 is 5.97 Å². The van der Waals surface area contributed by atoms with Gasteiger partial charge in [-0.1, -0.05) is 12.5 Å². The highest BCUT2D eigenvalue weighted by Gasteiger charge is 2.21. The first-order chi connectivity index (χ1) is 15.8. The van der Waals surface area contributed by atoms with Gasteiger partial charge in [0.25, 0.3) is 17.2 Å². The van der Waals surface area contributed by atoms with Crippen LogP contribution in [-0.2, 0) is 22.5 Å². The second-order valence-electron chi connectivity index (χ2n) is 7.87. The van der Waals surface area contributed by atoms with Crippen LogP contribution >= 0.6 is 0 Å². The lowest BCUT2D eigenvalue weighted by Crippen LogP contribution is -2.30. The highest BCUT2D eigenvalue weighted by molar-refractivity contribution is 5.98. The molecule has 3 aromatic rings. The zero-order valence-electron chi connectivity index (χ0n) is 17.9. The van der Waals surface area contributed by atoms with Gasteiger partial charge in [-0.15, -0.1) is 0 Å². The number of nitrogens with one attached hydrogen (secondary N) is 1. The number of non-ortho nitro benzene ring substituents is 1. The van der Waals surface area contributed by atoms with E-state index in [-0.39, 0.29) is 22.5 Å². The maximum Gasteiger partial charge on any atom is 0.338 e. The van der Waals surface area contributed by atoms with Gasteiger partial charge in [0, 0.05) is 30.8 Å². The fourth-order valence-corrected chi connectivity index (χ4v) is 3.77. The third-order valence-electron chi connectivity index (χ3n) is 5.53. The van der Waals surface area contributed by atoms with Crippen LogP contribution in [0.5, 0.6) is 0 Å². The molecule has 1 aromatic heterocycles. The number of aryl methyl sites for hydroxylation is 1. The molecule has 0 bridgehead atoms. The lowest BCUT2D eigenvalue weighted by Gasteiger charge is -2.14. The van der Waals surface area contributed by atoms with E-state index >= 15 is 0 Å². The molecular formula is C23H22N4O6. The molecule has 0 saturated carbocycles. The molecule has 0 radical (unpaired) electrons. The Morgan fingerprint density at radius 2 is 2.00 bits per heavy atom. The van der Waals surface area contributed by atoms with Crippen LogP contribution in [0.2, 0.25) is 0 Å². The van der Waals surface area contributed by atoms with E-state index in [9.17, 15) is 24.5 Å². The van der Waals surface area contributed by atoms with Crippen LogP contribution in [-0.4, -0.2) is 32.5 Å². The number of amides is 1. The molecule has 0 spiro atoms. The van der Waals surface area contributed by atoms with E-state index in [4.69, 9.17) is 4.74 Å². The summed E-state index contributed by atoms with van der Waals surface area (Å²) in [5, 5.41) is 13.8. The Labute approximate surface area is 188 Å². The topological polar surface area (TPSA) is 133 Å². The molecule has 4 rings (SSSR count). The third kappa shape index (κ3) is 4.74. The van der Waals surface area contributed by atoms with E-state index in [2.05, 4.69) is 10.3 Å². The molecule has 0 fully saturated rings. The molecule has 1 atom stereocenters. The van der Waals surface area contributed by atoms with E-state index in [0.29, 0.717) is 29.7 Å². The van der Waals surface area contributed by atoms with Crippen LogP contribution in [0.3, 0.4) is 0 Å². The molecular weight excluding hydrogens is 428 g/mol. The van der Waals surface area contributed by atoms with E-state index < -0.39 is 22.9 Å². The van der Waals surface area contributed by atoms with Crippen molar-refractivity contribution in [2.24, 2.45) is 0 Å². The first kappa shape index (κ1) is 22.1. The average molecular weight is 450 g/mol. The van der Waals surface area contributed by atoms with Gasteiger partial charge in [0.1, 0.15) is 5.82 Å². The normalized spacial score (nSPS) is 14.1. The first-order valence-electron chi connectivity index (χ1n) is 10.6. The van der Waals surface area contributed by atoms with Crippen molar-refractivity contribution in [1.82, 2.24) is 9.55 Å². The van der Waals surface area contributed by atoms with Gasteiger partial charge in [0.05, 0.1) is 21.4 Å². The quantitative estimate of drug-likeness (QED) is 0.358. The van der Waals surface area contributed by atoms with Gasteiger partial charge in [-0.25, -0.2) is 9.78 Å². The van der Waals surface area contributed by atoms with Crippen molar-refractivity contribution in [2.45, 2.75) is 45.3 Å². The number of hydrogen-bond donors (Lipinski definition) is 1. The van der Waals surface area contributed by atoms with Crippen molar-refractivity contribution >= 4 is 34.2 Å². The average Bonchev–Trinajstić information content (AvgIpc) is 3.04. The Bertz CT molecular complexity index is 1320. The Morgan fingerprint density at radius 1 is 1.18 bits per heavy atom. The number of ether oxygens (including phenoxy) is 1. The van der Waals surface area contributed by atoms with E-state index in [1.165, 1.54) is 43.3 Å². The number of nitro groups is 1. The van der Waals surface area contributed by atoms with Gasteiger partial charge in [0.15, 0.2) is 6.10 Å². The summed E-state index contributed by atoms with van der Waals surface area (Å²) in [5.74, 6) is -0.665. The summed E-state index contributed by atoms with van der Waals surface area (Å²) < 4.78 is 6.97. The number of hydrogen-bond acceptors (Lipinski definition) is 7. The minimum Gasteiger partial charge on any atom is -0.449 e. The lowest BCUT2D eigenvalue weighted by atomic mass is 10.1. The summed E-state index contributed by atoms with van der Waals surface area (Å²) in [7, 11) is 0. The molecule has 0 unspecified atom stereocenters. The maximum absolute atomic E-state index is 12.8. The van der Waals surface area contributed by atoms with Crippen LogP contribution in [0.15, 0.2) is 47.3 Å². The molecule has 0 aliphatic carbocycles. The summed E-state index contributed by atoms with van der Waals surface area (Å²) >= 11 is 0. The second-order valence-corrected chi connectivity index (χ2v) is 7.87. The fraction of sp³-hybridized carbons (Fsp3) is 0.304. The number of esters is 1. The molecule has 1 aliphatic rings. The van der Waals surface area contributed by atoms with Crippen LogP contribution in [0.25, 0.3) is 10.9 Å². The summed E-state index contributed by atoms with van der Waals surface area (Å²) in [5.41, 5.74) is 0.504. The highest BCUT2D eigenvalue weighted by atomic mass is 16.6. The standard InChI is InChI=1S/C23H22N4O6/c1-14(21(28)24-16-6-5-7-17(13-16)27(31)32)33-23(30)15-9-10-18-19(12-15)25-20-8-3-2-4-11-26(20)22(18)29/h5-7,9-10,12-14H,2-4,8,11H2,1H3,(H,24,28)/t14-/m1/s1. The van der Waals surface area contributed by atoms with Gasteiger partial charge in [-0.05, 0) is 44.0 Å². The number of nitro benzene ring substituents is 1. The summed E-state index contributed by atoms with van der Waals surface area (Å²) in [6.45, 7) is 2.04. The third-order valence-corrected chi connectivity index (χ3v) is 5.53. The Morgan fingerprint density at radius 3 is 2.79 bits per heavy atom. The Kier molecular flexibility index (Phi) is 6.16. The number of carbonyl (C=O) groups excluding carboxylic acids is 2. The molecule has 10 heteroatoms. The Hall–Kier alpha value is -4.08. The number of rotatable bonds is 5. The zero-order chi connectivity index (χ0) is 23.5. The van der Waals surface area contributed by atoms with Crippen LogP contribution in [0.1, 0.15) is 42.4 Å². The number of benzene rings is 2. The van der Waals surface area contributed by atoms with Gasteiger partial charge in [-0.3, -0.25) is 24.3 Å². The molecule has 170 valence electrons. The molecule has 33 heavy (non-hydrogen) atoms. The number of nitrogens with zero attached hydrogens (tertiary/aromatic N) is 3. The van der Waals surface area contributed by atoms with Gasteiger partial charge < -0.3 is 10.1 Å². The number of aromatic nitrogens is 2. The Balaban J connectivity index is 1.50. The molecule has 0 saturated heterocycles. The number of fused-ring (bicyclic) bond motifs is 2. The van der Waals surface area contributed by atoms with E-state index in [0.717, 1.165) is 19.3 Å². The van der Waals surface area contributed by atoms with Crippen molar-refractivity contribution in [3.05, 3.63) is 74.3 Å². The highest BCUT2D eigenvalue weighted by Crippen LogP contribution is 2.19. The molecule has 1 aliphatic heterocycles. The smallest absolute Gasteiger partial charge is 0.338 e. The van der Waals surface area contributed by atoms with Gasteiger partial charge in [-0.2, -0.15) is 0 Å². The molecule has 10 nitrogen and oxygen atoms in total. The molecule has 1 N–H and O–H groups in total. The summed E-state index contributed by atoms with van der Waals surface area (Å²) in [6.07, 6.45) is 2.47. The van der Waals surface area contributed by atoms with Crippen molar-refractivity contribution in [2.75, 3.05) is 5.32 Å². The van der Waals surface area contributed by atoms with E-state index in [1.54, 1.807) is 10.6 Å². The van der Waals surface area contributed by atoms with Crippen LogP contribution in [0, 0.1) is 10.1 Å². The van der Waals surface area contributed by atoms with Crippen molar-refractivity contribution in [1.29, 1.82) is 0 Å². The maximum atomic E-state index is 12.8.